The minimum absolute atomic E-state index is 0.122. The Morgan fingerprint density at radius 2 is 2.12 bits per heavy atom. The zero-order valence-corrected chi connectivity index (χ0v) is 14.1. The van der Waals surface area contributed by atoms with E-state index in [2.05, 4.69) is 20.5 Å². The van der Waals surface area contributed by atoms with Crippen molar-refractivity contribution in [3.8, 4) is 11.4 Å². The van der Waals surface area contributed by atoms with Crippen LogP contribution >= 0.6 is 0 Å². The molecule has 2 aromatic heterocycles. The number of rotatable bonds is 3. The molecule has 3 aromatic rings. The van der Waals surface area contributed by atoms with Gasteiger partial charge in [-0.3, -0.25) is 10.1 Å². The third kappa shape index (κ3) is 2.93. The molecule has 2 amide bonds. The zero-order valence-electron chi connectivity index (χ0n) is 14.1. The van der Waals surface area contributed by atoms with Gasteiger partial charge in [0.25, 0.3) is 0 Å². The molecule has 0 saturated carbocycles. The van der Waals surface area contributed by atoms with Gasteiger partial charge in [-0.05, 0) is 29.7 Å². The lowest BCUT2D eigenvalue weighted by Crippen LogP contribution is -2.43. The van der Waals surface area contributed by atoms with Gasteiger partial charge in [0, 0.05) is 12.7 Å². The number of anilines is 1. The van der Waals surface area contributed by atoms with Crippen LogP contribution in [0.3, 0.4) is 0 Å². The largest absolute Gasteiger partial charge is 0.394 e. The molecule has 1 aromatic carbocycles. The van der Waals surface area contributed by atoms with Crippen LogP contribution in [0.5, 0.6) is 0 Å². The van der Waals surface area contributed by atoms with Gasteiger partial charge in [-0.2, -0.15) is 5.10 Å². The van der Waals surface area contributed by atoms with Gasteiger partial charge in [-0.25, -0.2) is 4.79 Å². The predicted molar refractivity (Wildman–Crippen MR) is 97.5 cm³/mol. The van der Waals surface area contributed by atoms with Crippen LogP contribution in [-0.4, -0.2) is 44.4 Å². The van der Waals surface area contributed by atoms with E-state index < -0.39 is 0 Å². The minimum atomic E-state index is -0.356. The number of nitrogens with one attached hydrogen (secondary N) is 2. The van der Waals surface area contributed by atoms with E-state index in [1.165, 1.54) is 5.56 Å². The Bertz CT molecular complexity index is 909. The number of aliphatic hydroxyl groups is 1. The van der Waals surface area contributed by atoms with E-state index in [1.54, 1.807) is 17.3 Å². The Hall–Kier alpha value is -3.19. The van der Waals surface area contributed by atoms with Gasteiger partial charge in [-0.15, -0.1) is 0 Å². The highest BCUT2D eigenvalue weighted by molar-refractivity contribution is 5.93. The Morgan fingerprint density at radius 3 is 2.92 bits per heavy atom. The van der Waals surface area contributed by atoms with Crippen molar-refractivity contribution in [2.45, 2.75) is 12.5 Å². The number of fused-ring (bicyclic) bond motifs is 1. The highest BCUT2D eigenvalue weighted by Gasteiger charge is 2.30. The highest BCUT2D eigenvalue weighted by atomic mass is 16.3. The first-order valence-corrected chi connectivity index (χ1v) is 8.49. The minimum Gasteiger partial charge on any atom is -0.394 e. The summed E-state index contributed by atoms with van der Waals surface area (Å²) in [5.41, 5.74) is 4.07. The number of nitrogens with zero attached hydrogens (tertiary/aromatic N) is 3. The Morgan fingerprint density at radius 1 is 1.27 bits per heavy atom. The van der Waals surface area contributed by atoms with Crippen molar-refractivity contribution < 1.29 is 9.90 Å². The lowest BCUT2D eigenvalue weighted by Gasteiger charge is -2.36. The van der Waals surface area contributed by atoms with E-state index in [4.69, 9.17) is 0 Å². The summed E-state index contributed by atoms with van der Waals surface area (Å²) >= 11 is 0. The van der Waals surface area contributed by atoms with Crippen LogP contribution in [-0.2, 0) is 6.42 Å². The van der Waals surface area contributed by atoms with Crippen molar-refractivity contribution in [1.82, 2.24) is 20.1 Å². The first-order valence-electron chi connectivity index (χ1n) is 8.49. The summed E-state index contributed by atoms with van der Waals surface area (Å²) in [5.74, 6) is 0. The molecule has 0 spiro atoms. The molecule has 1 aliphatic rings. The number of pyridine rings is 1. The van der Waals surface area contributed by atoms with Crippen molar-refractivity contribution in [2.24, 2.45) is 0 Å². The SMILES string of the molecule is O=C(Nc1cn[nH]c1-c1ccccn1)N1CCc2ccccc2[C@@H]1CO. The maximum absolute atomic E-state index is 12.9. The number of benzene rings is 1. The average molecular weight is 349 g/mol. The van der Waals surface area contributed by atoms with Crippen LogP contribution < -0.4 is 5.32 Å². The second kappa shape index (κ2) is 6.97. The number of aromatic nitrogens is 3. The van der Waals surface area contributed by atoms with Gasteiger partial charge >= 0.3 is 6.03 Å². The lowest BCUT2D eigenvalue weighted by molar-refractivity contribution is 0.135. The number of amides is 2. The van der Waals surface area contributed by atoms with E-state index >= 15 is 0 Å². The summed E-state index contributed by atoms with van der Waals surface area (Å²) in [4.78, 5) is 18.8. The zero-order chi connectivity index (χ0) is 17.9. The second-order valence-electron chi connectivity index (χ2n) is 6.14. The molecule has 3 heterocycles. The standard InChI is InChI=1S/C19H19N5O2/c25-12-17-14-6-2-1-5-13(14)8-10-24(17)19(26)22-16-11-21-23-18(16)15-7-3-4-9-20-15/h1-7,9,11,17,25H,8,10,12H2,(H,21,23)(H,22,26)/t17-/m0/s1. The molecule has 0 unspecified atom stereocenters. The van der Waals surface area contributed by atoms with E-state index in [-0.39, 0.29) is 18.7 Å². The summed E-state index contributed by atoms with van der Waals surface area (Å²) in [6, 6.07) is 12.8. The average Bonchev–Trinajstić information content (AvgIpc) is 3.15. The molecule has 0 saturated heterocycles. The molecule has 26 heavy (non-hydrogen) atoms. The Kier molecular flexibility index (Phi) is 4.37. The molecule has 0 bridgehead atoms. The molecule has 1 aliphatic heterocycles. The fraction of sp³-hybridized carbons (Fsp3) is 0.211. The number of H-pyrrole nitrogens is 1. The van der Waals surface area contributed by atoms with E-state index in [0.717, 1.165) is 12.0 Å². The summed E-state index contributed by atoms with van der Waals surface area (Å²) in [7, 11) is 0. The summed E-state index contributed by atoms with van der Waals surface area (Å²) in [6.07, 6.45) is 4.01. The Labute approximate surface area is 150 Å². The van der Waals surface area contributed by atoms with Gasteiger partial charge in [0.1, 0.15) is 5.69 Å². The predicted octanol–water partition coefficient (Wildman–Crippen LogP) is 2.60. The second-order valence-corrected chi connectivity index (χ2v) is 6.14. The highest BCUT2D eigenvalue weighted by Crippen LogP contribution is 2.30. The van der Waals surface area contributed by atoms with Crippen molar-refractivity contribution >= 4 is 11.7 Å². The summed E-state index contributed by atoms with van der Waals surface area (Å²) in [6.45, 7) is 0.424. The Balaban J connectivity index is 1.57. The molecule has 7 heteroatoms. The molecule has 4 rings (SSSR count). The summed E-state index contributed by atoms with van der Waals surface area (Å²) < 4.78 is 0. The van der Waals surface area contributed by atoms with Crippen LogP contribution in [0.25, 0.3) is 11.4 Å². The van der Waals surface area contributed by atoms with E-state index in [9.17, 15) is 9.90 Å². The third-order valence-corrected chi connectivity index (χ3v) is 4.65. The fourth-order valence-corrected chi connectivity index (χ4v) is 3.37. The molecular formula is C19H19N5O2. The molecule has 3 N–H and O–H groups in total. The number of aliphatic hydroxyl groups excluding tert-OH is 1. The number of aromatic amines is 1. The quantitative estimate of drug-likeness (QED) is 0.677. The number of carbonyl (C=O) groups is 1. The van der Waals surface area contributed by atoms with E-state index in [0.29, 0.717) is 23.6 Å². The molecule has 0 fully saturated rings. The molecule has 0 aliphatic carbocycles. The number of hydrogen-bond acceptors (Lipinski definition) is 4. The monoisotopic (exact) mass is 349 g/mol. The number of hydrogen-bond donors (Lipinski definition) is 3. The molecule has 0 radical (unpaired) electrons. The topological polar surface area (TPSA) is 94.1 Å². The smallest absolute Gasteiger partial charge is 0.322 e. The van der Waals surface area contributed by atoms with Gasteiger partial charge in [0.2, 0.25) is 0 Å². The summed E-state index contributed by atoms with van der Waals surface area (Å²) in [5, 5.41) is 19.7. The third-order valence-electron chi connectivity index (χ3n) is 4.65. The molecule has 132 valence electrons. The van der Waals surface area contributed by atoms with Crippen LogP contribution in [0, 0.1) is 0 Å². The van der Waals surface area contributed by atoms with Crippen molar-refractivity contribution in [3.05, 3.63) is 66.0 Å². The van der Waals surface area contributed by atoms with Gasteiger partial charge in [0.05, 0.1) is 30.2 Å². The maximum atomic E-state index is 12.9. The first-order chi connectivity index (χ1) is 12.8. The number of carbonyl (C=O) groups excluding carboxylic acids is 1. The van der Waals surface area contributed by atoms with Crippen LogP contribution in [0.15, 0.2) is 54.9 Å². The van der Waals surface area contributed by atoms with Crippen LogP contribution in [0.2, 0.25) is 0 Å². The van der Waals surface area contributed by atoms with E-state index in [1.807, 2.05) is 42.5 Å². The van der Waals surface area contributed by atoms with Gasteiger partial charge in [-0.1, -0.05) is 30.3 Å². The van der Waals surface area contributed by atoms with Gasteiger partial charge in [0.15, 0.2) is 0 Å². The van der Waals surface area contributed by atoms with Crippen LogP contribution in [0.4, 0.5) is 10.5 Å². The van der Waals surface area contributed by atoms with Crippen LogP contribution in [0.1, 0.15) is 17.2 Å². The van der Waals surface area contributed by atoms with Crippen molar-refractivity contribution in [2.75, 3.05) is 18.5 Å². The van der Waals surface area contributed by atoms with Crippen molar-refractivity contribution in [3.63, 3.8) is 0 Å². The normalized spacial score (nSPS) is 16.2. The first kappa shape index (κ1) is 16.3. The van der Waals surface area contributed by atoms with Crippen molar-refractivity contribution in [1.29, 1.82) is 0 Å². The molecule has 7 nitrogen and oxygen atoms in total. The van der Waals surface area contributed by atoms with Gasteiger partial charge < -0.3 is 15.3 Å². The molecular weight excluding hydrogens is 330 g/mol. The lowest BCUT2D eigenvalue weighted by atomic mass is 9.93. The fourth-order valence-electron chi connectivity index (χ4n) is 3.37. The number of urea groups is 1. The maximum Gasteiger partial charge on any atom is 0.322 e. The molecule has 1 atom stereocenters.